The van der Waals surface area contributed by atoms with Crippen molar-refractivity contribution in [1.82, 2.24) is 9.97 Å². The van der Waals surface area contributed by atoms with E-state index in [1.54, 1.807) is 0 Å². The maximum atomic E-state index is 4.74. The van der Waals surface area contributed by atoms with Crippen LogP contribution < -0.4 is 0 Å². The fourth-order valence-electron chi connectivity index (χ4n) is 5.57. The van der Waals surface area contributed by atoms with Crippen molar-refractivity contribution >= 4 is 68.9 Å². The average Bonchev–Trinajstić information content (AvgIpc) is 3.90. The van der Waals surface area contributed by atoms with Crippen LogP contribution >= 0.6 is 68.9 Å². The molecule has 0 fully saturated rings. The van der Waals surface area contributed by atoms with Gasteiger partial charge in [0.05, 0.1) is 19.8 Å². The molecule has 0 saturated heterocycles. The molecule has 2 nitrogen and oxygen atoms in total. The van der Waals surface area contributed by atoms with Crippen molar-refractivity contribution in [2.75, 3.05) is 0 Å². The molecule has 6 rings (SSSR count). The Balaban J connectivity index is 1.15. The molecule has 250 valence electrons. The molecule has 0 unspecified atom stereocenters. The second kappa shape index (κ2) is 15.8. The molecule has 0 radical (unpaired) electrons. The highest BCUT2D eigenvalue weighted by molar-refractivity contribution is 8.02. The summed E-state index contributed by atoms with van der Waals surface area (Å²) in [7, 11) is 0. The van der Waals surface area contributed by atoms with Gasteiger partial charge in [0.25, 0.3) is 0 Å². The van der Waals surface area contributed by atoms with Gasteiger partial charge < -0.3 is 0 Å². The molecule has 0 aliphatic rings. The SMILES string of the molecule is CCCCC(C)(C)Sc1ccc(-c2ccc(-c3ccnc(-c4cc(-c5ccc(-c6ccc(SC(C)(C)CCCC)s6)s5)ccn4)c3)s2)s1. The highest BCUT2D eigenvalue weighted by atomic mass is 32.2. The molecule has 0 saturated carbocycles. The predicted octanol–water partition coefficient (Wildman–Crippen LogP) is 15.2. The Labute approximate surface area is 311 Å². The number of rotatable bonds is 15. The Morgan fingerprint density at radius 2 is 0.875 bits per heavy atom. The van der Waals surface area contributed by atoms with Crippen LogP contribution in [0.5, 0.6) is 0 Å². The van der Waals surface area contributed by atoms with Gasteiger partial charge in [0.1, 0.15) is 0 Å². The molecule has 0 atom stereocenters. The molecule has 8 heteroatoms. The number of nitrogens with zero attached hydrogens (tertiary/aromatic N) is 2. The van der Waals surface area contributed by atoms with E-state index in [1.807, 2.05) is 81.3 Å². The summed E-state index contributed by atoms with van der Waals surface area (Å²) in [4.78, 5) is 17.3. The molecule has 0 aliphatic heterocycles. The van der Waals surface area contributed by atoms with Crippen molar-refractivity contribution < 1.29 is 0 Å². The van der Waals surface area contributed by atoms with E-state index in [1.165, 1.54) is 87.3 Å². The first kappa shape index (κ1) is 35.6. The van der Waals surface area contributed by atoms with Gasteiger partial charge in [0.15, 0.2) is 0 Å². The van der Waals surface area contributed by atoms with E-state index in [-0.39, 0.29) is 9.49 Å². The molecule has 0 spiro atoms. The van der Waals surface area contributed by atoms with Gasteiger partial charge in [-0.3, -0.25) is 9.97 Å². The van der Waals surface area contributed by atoms with Crippen LogP contribution in [0, 0.1) is 0 Å². The number of thioether (sulfide) groups is 2. The fourth-order valence-corrected chi connectivity index (χ4v) is 13.3. The second-order valence-electron chi connectivity index (χ2n) is 13.4. The zero-order valence-electron chi connectivity index (χ0n) is 28.7. The molecule has 0 bridgehead atoms. The number of thiophene rings is 4. The fraction of sp³-hybridized carbons (Fsp3) is 0.350. The largest absolute Gasteiger partial charge is 0.255 e. The lowest BCUT2D eigenvalue weighted by molar-refractivity contribution is 0.594. The predicted molar refractivity (Wildman–Crippen MR) is 220 cm³/mol. The van der Waals surface area contributed by atoms with Crippen LogP contribution in [0.4, 0.5) is 0 Å². The third kappa shape index (κ3) is 9.12. The summed E-state index contributed by atoms with van der Waals surface area (Å²) in [5.41, 5.74) is 4.16. The molecular formula is C40H44N2S6. The molecule has 48 heavy (non-hydrogen) atoms. The van der Waals surface area contributed by atoms with Crippen molar-refractivity contribution in [2.45, 2.75) is 98.0 Å². The molecule has 6 heterocycles. The summed E-state index contributed by atoms with van der Waals surface area (Å²) in [5, 5.41) is 0. The van der Waals surface area contributed by atoms with E-state index in [4.69, 9.17) is 9.97 Å². The number of pyridine rings is 2. The summed E-state index contributed by atoms with van der Waals surface area (Å²) < 4.78 is 3.33. The van der Waals surface area contributed by atoms with E-state index >= 15 is 0 Å². The third-order valence-electron chi connectivity index (χ3n) is 8.23. The lowest BCUT2D eigenvalue weighted by Crippen LogP contribution is -2.13. The van der Waals surface area contributed by atoms with E-state index in [0.717, 1.165) is 11.4 Å². The van der Waals surface area contributed by atoms with Crippen LogP contribution in [-0.2, 0) is 0 Å². The van der Waals surface area contributed by atoms with Gasteiger partial charge in [0, 0.05) is 51.2 Å². The maximum Gasteiger partial charge on any atom is 0.0892 e. The molecule has 6 aromatic heterocycles. The van der Waals surface area contributed by atoms with Crippen LogP contribution in [0.3, 0.4) is 0 Å². The van der Waals surface area contributed by atoms with Crippen molar-refractivity contribution in [2.24, 2.45) is 0 Å². The van der Waals surface area contributed by atoms with Crippen LogP contribution in [-0.4, -0.2) is 19.5 Å². The number of unbranched alkanes of at least 4 members (excludes halogenated alkanes) is 2. The third-order valence-corrected chi connectivity index (χ3v) is 15.8. The van der Waals surface area contributed by atoms with Crippen LogP contribution in [0.2, 0.25) is 0 Å². The first-order chi connectivity index (χ1) is 23.1. The zero-order chi connectivity index (χ0) is 33.7. The highest BCUT2D eigenvalue weighted by Crippen LogP contribution is 2.46. The number of hydrogen-bond acceptors (Lipinski definition) is 8. The second-order valence-corrected chi connectivity index (χ2v) is 21.7. The minimum Gasteiger partial charge on any atom is -0.255 e. The summed E-state index contributed by atoms with van der Waals surface area (Å²) >= 11 is 11.6. The maximum absolute atomic E-state index is 4.74. The summed E-state index contributed by atoms with van der Waals surface area (Å²) in [6.45, 7) is 14.0. The van der Waals surface area contributed by atoms with E-state index in [0.29, 0.717) is 0 Å². The number of aromatic nitrogens is 2. The van der Waals surface area contributed by atoms with E-state index < -0.39 is 0 Å². The lowest BCUT2D eigenvalue weighted by Gasteiger charge is -2.22. The average molecular weight is 745 g/mol. The van der Waals surface area contributed by atoms with Crippen molar-refractivity contribution in [3.8, 4) is 51.8 Å². The first-order valence-corrected chi connectivity index (χ1v) is 21.7. The summed E-state index contributed by atoms with van der Waals surface area (Å²) in [6, 6.07) is 26.8. The van der Waals surface area contributed by atoms with Gasteiger partial charge in [-0.05, 0) is 96.8 Å². The highest BCUT2D eigenvalue weighted by Gasteiger charge is 2.22. The Kier molecular flexibility index (Phi) is 11.7. The van der Waals surface area contributed by atoms with Gasteiger partial charge >= 0.3 is 0 Å². The smallest absolute Gasteiger partial charge is 0.0892 e. The lowest BCUT2D eigenvalue weighted by atomic mass is 10.1. The molecular weight excluding hydrogens is 701 g/mol. The van der Waals surface area contributed by atoms with Gasteiger partial charge in [-0.1, -0.05) is 67.2 Å². The summed E-state index contributed by atoms with van der Waals surface area (Å²) in [5.74, 6) is 0. The van der Waals surface area contributed by atoms with Gasteiger partial charge in [-0.25, -0.2) is 0 Å². The van der Waals surface area contributed by atoms with Gasteiger partial charge in [-0.15, -0.1) is 68.9 Å². The Morgan fingerprint density at radius 3 is 1.29 bits per heavy atom. The normalized spacial score (nSPS) is 12.2. The first-order valence-electron chi connectivity index (χ1n) is 16.8. The molecule has 0 aliphatic carbocycles. The molecule has 0 amide bonds. The van der Waals surface area contributed by atoms with Crippen molar-refractivity contribution in [3.05, 3.63) is 85.2 Å². The monoisotopic (exact) mass is 744 g/mol. The van der Waals surface area contributed by atoms with Crippen molar-refractivity contribution in [3.63, 3.8) is 0 Å². The molecule has 0 N–H and O–H groups in total. The van der Waals surface area contributed by atoms with Gasteiger partial charge in [-0.2, -0.15) is 0 Å². The number of hydrogen-bond donors (Lipinski definition) is 0. The minimum absolute atomic E-state index is 0.265. The zero-order valence-corrected chi connectivity index (χ0v) is 33.6. The molecule has 6 aromatic rings. The molecule has 0 aromatic carbocycles. The Hall–Kier alpha value is -2.20. The van der Waals surface area contributed by atoms with Crippen molar-refractivity contribution in [1.29, 1.82) is 0 Å². The Bertz CT molecular complexity index is 1800. The van der Waals surface area contributed by atoms with Crippen LogP contribution in [0.15, 0.2) is 93.6 Å². The standard InChI is InChI=1S/C40H44N2S6/c1-7-9-21-39(3,4)47-37-17-15-35(45-37)33-13-11-31(43-33)27-19-23-41-29(25-27)30-26-28(20-24-42-30)32-12-14-34(44-32)36-16-18-38(46-36)48-40(5,6)22-10-8-2/h11-20,23-26H,7-10,21-22H2,1-6H3. The van der Waals surface area contributed by atoms with Crippen LogP contribution in [0.25, 0.3) is 51.8 Å². The quantitative estimate of drug-likeness (QED) is 0.0978. The summed E-state index contributed by atoms with van der Waals surface area (Å²) in [6.07, 6.45) is 11.4. The van der Waals surface area contributed by atoms with Gasteiger partial charge in [0.2, 0.25) is 0 Å². The van der Waals surface area contributed by atoms with Crippen LogP contribution in [0.1, 0.15) is 80.1 Å². The van der Waals surface area contributed by atoms with E-state index in [2.05, 4.69) is 114 Å². The van der Waals surface area contributed by atoms with E-state index in [9.17, 15) is 0 Å². The minimum atomic E-state index is 0.265. The topological polar surface area (TPSA) is 25.8 Å². The Morgan fingerprint density at radius 1 is 0.500 bits per heavy atom.